The van der Waals surface area contributed by atoms with Crippen molar-refractivity contribution in [3.63, 3.8) is 0 Å². The van der Waals surface area contributed by atoms with Gasteiger partial charge in [-0.05, 0) is 38.1 Å². The van der Waals surface area contributed by atoms with E-state index >= 15 is 0 Å². The number of nitrogens with zero attached hydrogens (tertiary/aromatic N) is 3. The van der Waals surface area contributed by atoms with Crippen molar-refractivity contribution in [2.24, 2.45) is 0 Å². The highest BCUT2D eigenvalue weighted by Gasteiger charge is 2.14. The van der Waals surface area contributed by atoms with E-state index in [-0.39, 0.29) is 5.82 Å². The number of rotatable bonds is 8. The van der Waals surface area contributed by atoms with Crippen molar-refractivity contribution in [1.29, 1.82) is 0 Å². The molecule has 0 saturated carbocycles. The van der Waals surface area contributed by atoms with Crippen molar-refractivity contribution in [3.05, 3.63) is 53.6 Å². The Morgan fingerprint density at radius 3 is 2.83 bits per heavy atom. The average Bonchev–Trinajstić information content (AvgIpc) is 3.34. The molecule has 0 bridgehead atoms. The Hall–Kier alpha value is -3.13. The van der Waals surface area contributed by atoms with Gasteiger partial charge in [0, 0.05) is 47.8 Å². The van der Waals surface area contributed by atoms with Crippen LogP contribution in [0, 0.1) is 12.7 Å². The van der Waals surface area contributed by atoms with Gasteiger partial charge in [-0.15, -0.1) is 11.3 Å². The Morgan fingerprint density at radius 2 is 2.03 bits per heavy atom. The lowest BCUT2D eigenvalue weighted by Crippen LogP contribution is -2.12. The van der Waals surface area contributed by atoms with Gasteiger partial charge in [0.25, 0.3) is 0 Å². The predicted molar refractivity (Wildman–Crippen MR) is 121 cm³/mol. The number of fused-ring (bicyclic) bond motifs is 1. The zero-order chi connectivity index (χ0) is 21.1. The minimum absolute atomic E-state index is 0.252. The molecule has 0 aliphatic carbocycles. The second-order valence-electron chi connectivity index (χ2n) is 6.89. The minimum Gasteiger partial charge on any atom is -0.496 e. The van der Waals surface area contributed by atoms with Crippen LogP contribution >= 0.6 is 11.3 Å². The summed E-state index contributed by atoms with van der Waals surface area (Å²) < 4.78 is 21.8. The Balaban J connectivity index is 1.49. The maximum Gasteiger partial charge on any atom is 0.147 e. The molecule has 1 aromatic carbocycles. The third-order valence-corrected chi connectivity index (χ3v) is 5.89. The lowest BCUT2D eigenvalue weighted by molar-refractivity contribution is 0.419. The molecule has 3 aromatic heterocycles. The number of aromatic nitrogens is 3. The number of benzene rings is 1. The maximum absolute atomic E-state index is 14.5. The van der Waals surface area contributed by atoms with Gasteiger partial charge in [-0.2, -0.15) is 0 Å². The van der Waals surface area contributed by atoms with Gasteiger partial charge < -0.3 is 19.9 Å². The molecule has 30 heavy (non-hydrogen) atoms. The molecule has 0 aliphatic heterocycles. The first-order chi connectivity index (χ1) is 14.6. The number of hydrogen-bond acceptors (Lipinski definition) is 6. The van der Waals surface area contributed by atoms with Gasteiger partial charge in [-0.25, -0.2) is 14.4 Å². The van der Waals surface area contributed by atoms with Crippen LogP contribution in [0.25, 0.3) is 21.5 Å². The average molecular weight is 426 g/mol. The largest absolute Gasteiger partial charge is 0.496 e. The van der Waals surface area contributed by atoms with E-state index in [0.717, 1.165) is 39.7 Å². The van der Waals surface area contributed by atoms with Crippen molar-refractivity contribution in [2.75, 3.05) is 30.8 Å². The van der Waals surface area contributed by atoms with Crippen molar-refractivity contribution in [3.8, 4) is 16.3 Å². The van der Waals surface area contributed by atoms with Gasteiger partial charge in [0.15, 0.2) is 0 Å². The molecule has 0 aliphatic rings. The summed E-state index contributed by atoms with van der Waals surface area (Å²) >= 11 is 1.64. The molecule has 6 nitrogen and oxygen atoms in total. The molecule has 8 heteroatoms. The highest BCUT2D eigenvalue weighted by Crippen LogP contribution is 2.31. The summed E-state index contributed by atoms with van der Waals surface area (Å²) in [6.45, 7) is 6.13. The molecule has 0 amide bonds. The van der Waals surface area contributed by atoms with Gasteiger partial charge in [0.05, 0.1) is 23.2 Å². The minimum atomic E-state index is -0.252. The first kappa shape index (κ1) is 20.2. The van der Waals surface area contributed by atoms with Crippen LogP contribution in [0.4, 0.5) is 15.9 Å². The summed E-state index contributed by atoms with van der Waals surface area (Å²) in [6, 6.07) is 9.09. The summed E-state index contributed by atoms with van der Waals surface area (Å²) in [6.07, 6.45) is 1.56. The van der Waals surface area contributed by atoms with E-state index in [1.165, 1.54) is 6.07 Å². The Kier molecular flexibility index (Phi) is 5.85. The first-order valence-electron chi connectivity index (χ1n) is 9.81. The van der Waals surface area contributed by atoms with E-state index < -0.39 is 0 Å². The van der Waals surface area contributed by atoms with Gasteiger partial charge in [-0.3, -0.25) is 0 Å². The first-order valence-corrected chi connectivity index (χ1v) is 10.7. The van der Waals surface area contributed by atoms with Crippen LogP contribution in [0.1, 0.15) is 12.6 Å². The molecule has 0 fully saturated rings. The smallest absolute Gasteiger partial charge is 0.147 e. The summed E-state index contributed by atoms with van der Waals surface area (Å²) in [7, 11) is 1.60. The van der Waals surface area contributed by atoms with E-state index in [0.29, 0.717) is 24.4 Å². The predicted octanol–water partition coefficient (Wildman–Crippen LogP) is 5.16. The summed E-state index contributed by atoms with van der Waals surface area (Å²) in [5.74, 6) is 1.16. The van der Waals surface area contributed by atoms with Crippen molar-refractivity contribution in [2.45, 2.75) is 20.4 Å². The van der Waals surface area contributed by atoms with E-state index in [1.807, 2.05) is 23.6 Å². The summed E-state index contributed by atoms with van der Waals surface area (Å²) in [4.78, 5) is 9.79. The molecule has 0 spiro atoms. The molecular formula is C22H24FN5OS. The second-order valence-corrected chi connectivity index (χ2v) is 7.81. The van der Waals surface area contributed by atoms with Crippen molar-refractivity contribution < 1.29 is 9.13 Å². The van der Waals surface area contributed by atoms with Crippen LogP contribution in [0.15, 0.2) is 42.0 Å². The number of halogens is 1. The SMILES string of the molecule is CCNc1csc(-c2cc(NCCn3c(C)cc4c(OC)ccc(F)c43)ncn2)c1. The highest BCUT2D eigenvalue weighted by molar-refractivity contribution is 7.14. The molecule has 3 heterocycles. The van der Waals surface area contributed by atoms with Crippen molar-refractivity contribution in [1.82, 2.24) is 14.5 Å². The Labute approximate surface area is 178 Å². The van der Waals surface area contributed by atoms with Gasteiger partial charge in [0.1, 0.15) is 23.7 Å². The Morgan fingerprint density at radius 1 is 1.17 bits per heavy atom. The topological polar surface area (TPSA) is 64.0 Å². The number of anilines is 2. The fourth-order valence-corrected chi connectivity index (χ4v) is 4.39. The molecule has 2 N–H and O–H groups in total. The van der Waals surface area contributed by atoms with Gasteiger partial charge in [-0.1, -0.05) is 0 Å². The molecular weight excluding hydrogens is 401 g/mol. The van der Waals surface area contributed by atoms with Gasteiger partial charge in [0.2, 0.25) is 0 Å². The third-order valence-electron chi connectivity index (χ3n) is 4.94. The fraction of sp³-hybridized carbons (Fsp3) is 0.273. The quantitative estimate of drug-likeness (QED) is 0.408. The maximum atomic E-state index is 14.5. The van der Waals surface area contributed by atoms with E-state index in [2.05, 4.69) is 39.0 Å². The normalized spacial score (nSPS) is 11.1. The van der Waals surface area contributed by atoms with E-state index in [4.69, 9.17) is 4.74 Å². The van der Waals surface area contributed by atoms with Crippen LogP contribution in [-0.2, 0) is 6.54 Å². The molecule has 0 saturated heterocycles. The number of thiophene rings is 1. The third kappa shape index (κ3) is 3.95. The second kappa shape index (κ2) is 8.71. The van der Waals surface area contributed by atoms with E-state index in [1.54, 1.807) is 30.8 Å². The Bertz CT molecular complexity index is 1170. The highest BCUT2D eigenvalue weighted by atomic mass is 32.1. The van der Waals surface area contributed by atoms with Crippen LogP contribution in [0.2, 0.25) is 0 Å². The van der Waals surface area contributed by atoms with Crippen LogP contribution < -0.4 is 15.4 Å². The zero-order valence-electron chi connectivity index (χ0n) is 17.2. The number of nitrogens with one attached hydrogen (secondary N) is 2. The lowest BCUT2D eigenvalue weighted by atomic mass is 10.2. The number of hydrogen-bond donors (Lipinski definition) is 2. The molecule has 4 aromatic rings. The van der Waals surface area contributed by atoms with Crippen LogP contribution in [0.5, 0.6) is 5.75 Å². The summed E-state index contributed by atoms with van der Waals surface area (Å²) in [5.41, 5.74) is 3.51. The molecule has 0 radical (unpaired) electrons. The van der Waals surface area contributed by atoms with E-state index in [9.17, 15) is 4.39 Å². The number of aryl methyl sites for hydroxylation is 1. The molecule has 156 valence electrons. The summed E-state index contributed by atoms with van der Waals surface area (Å²) in [5, 5.41) is 9.50. The van der Waals surface area contributed by atoms with Gasteiger partial charge >= 0.3 is 0 Å². The molecule has 0 atom stereocenters. The number of methoxy groups -OCH3 is 1. The molecule has 0 unspecified atom stereocenters. The standard InChI is InChI=1S/C22H24FN5OS/c1-4-24-15-10-20(30-12-15)18-11-21(27-13-26-18)25-7-8-28-14(2)9-16-19(29-3)6-5-17(23)22(16)28/h5-6,9-13,24H,4,7-8H2,1-3H3,(H,25,26,27). The fourth-order valence-electron chi connectivity index (χ4n) is 3.56. The van der Waals surface area contributed by atoms with Crippen LogP contribution in [0.3, 0.4) is 0 Å². The number of ether oxygens (including phenoxy) is 1. The zero-order valence-corrected chi connectivity index (χ0v) is 18.0. The molecule has 4 rings (SSSR count). The van der Waals surface area contributed by atoms with Crippen LogP contribution in [-0.4, -0.2) is 34.7 Å². The lowest BCUT2D eigenvalue weighted by Gasteiger charge is -2.11. The monoisotopic (exact) mass is 425 g/mol. The van der Waals surface area contributed by atoms with Crippen molar-refractivity contribution >= 4 is 33.7 Å².